The minimum Gasteiger partial charge on any atom is -0.497 e. The fourth-order valence-electron chi connectivity index (χ4n) is 3.74. The van der Waals surface area contributed by atoms with Gasteiger partial charge in [-0.15, -0.1) is 10.2 Å². The zero-order valence-corrected chi connectivity index (χ0v) is 19.3. The van der Waals surface area contributed by atoms with Crippen molar-refractivity contribution in [3.63, 3.8) is 0 Å². The molecule has 3 N–H and O–H groups in total. The maximum atomic E-state index is 12.8. The molecule has 1 aromatic carbocycles. The van der Waals surface area contributed by atoms with Gasteiger partial charge in [-0.1, -0.05) is 36.1 Å². The fraction of sp³-hybridized carbons (Fsp3) is 0.450. The lowest BCUT2D eigenvalue weighted by atomic mass is 9.77. The molecule has 2 aliphatic rings. The third-order valence-corrected chi connectivity index (χ3v) is 7.55. The van der Waals surface area contributed by atoms with E-state index in [0.29, 0.717) is 28.2 Å². The topological polar surface area (TPSA) is 126 Å². The van der Waals surface area contributed by atoms with Gasteiger partial charge in [0.15, 0.2) is 4.34 Å². The van der Waals surface area contributed by atoms with E-state index in [9.17, 15) is 14.4 Å². The number of nitrogens with one attached hydrogen (secondary N) is 3. The summed E-state index contributed by atoms with van der Waals surface area (Å²) in [5.74, 6) is 0.400. The van der Waals surface area contributed by atoms with E-state index in [1.54, 1.807) is 7.11 Å². The first kappa shape index (κ1) is 22.3. The Balaban J connectivity index is 1.29. The molecule has 1 saturated carbocycles. The molecule has 32 heavy (non-hydrogen) atoms. The van der Waals surface area contributed by atoms with Crippen molar-refractivity contribution in [2.45, 2.75) is 42.5 Å². The van der Waals surface area contributed by atoms with Crippen LogP contribution < -0.4 is 20.8 Å². The number of carbonyl (C=O) groups is 3. The third kappa shape index (κ3) is 4.80. The zero-order valence-electron chi connectivity index (χ0n) is 17.7. The number of imide groups is 1. The molecule has 2 aromatic rings. The number of thioether (sulfide) groups is 1. The number of methoxy groups -OCH3 is 1. The molecule has 0 unspecified atom stereocenters. The SMILES string of the molecule is COc1cccc(Nc2nnc(SCC(=O)NN3C(=O)NC4(CCC(C)CC4)C3=O)s2)c1. The highest BCUT2D eigenvalue weighted by Gasteiger charge is 2.52. The molecule has 1 aliphatic carbocycles. The van der Waals surface area contributed by atoms with Crippen LogP contribution in [-0.2, 0) is 9.59 Å². The monoisotopic (exact) mass is 476 g/mol. The second-order valence-corrected chi connectivity index (χ2v) is 10.1. The van der Waals surface area contributed by atoms with Crippen molar-refractivity contribution >= 4 is 51.8 Å². The van der Waals surface area contributed by atoms with Crippen LogP contribution in [0.15, 0.2) is 28.6 Å². The van der Waals surface area contributed by atoms with Crippen LogP contribution in [0.3, 0.4) is 0 Å². The third-order valence-electron chi connectivity index (χ3n) is 5.58. The van der Waals surface area contributed by atoms with E-state index in [1.165, 1.54) is 23.1 Å². The molecule has 1 aliphatic heterocycles. The van der Waals surface area contributed by atoms with Crippen molar-refractivity contribution in [1.29, 1.82) is 0 Å². The van der Waals surface area contributed by atoms with E-state index in [1.807, 2.05) is 24.3 Å². The Morgan fingerprint density at radius 1 is 1.34 bits per heavy atom. The number of urea groups is 1. The number of amides is 4. The van der Waals surface area contributed by atoms with Gasteiger partial charge in [-0.3, -0.25) is 15.0 Å². The summed E-state index contributed by atoms with van der Waals surface area (Å²) in [6, 6.07) is 6.83. The van der Waals surface area contributed by atoms with E-state index in [2.05, 4.69) is 33.2 Å². The molecule has 170 valence electrons. The zero-order chi connectivity index (χ0) is 22.7. The summed E-state index contributed by atoms with van der Waals surface area (Å²) in [5.41, 5.74) is 2.35. The minimum atomic E-state index is -0.885. The molecule has 4 rings (SSSR count). The lowest BCUT2D eigenvalue weighted by molar-refractivity contribution is -0.139. The first-order valence-corrected chi connectivity index (χ1v) is 12.0. The van der Waals surface area contributed by atoms with E-state index in [-0.39, 0.29) is 11.7 Å². The van der Waals surface area contributed by atoms with Gasteiger partial charge in [0.1, 0.15) is 11.3 Å². The molecule has 2 heterocycles. The van der Waals surface area contributed by atoms with Crippen molar-refractivity contribution in [2.75, 3.05) is 18.2 Å². The van der Waals surface area contributed by atoms with Gasteiger partial charge in [0, 0.05) is 11.8 Å². The molecule has 1 aromatic heterocycles. The quantitative estimate of drug-likeness (QED) is 0.411. The first-order chi connectivity index (χ1) is 15.4. The molecule has 4 amide bonds. The van der Waals surface area contributed by atoms with Crippen molar-refractivity contribution in [1.82, 2.24) is 25.9 Å². The van der Waals surface area contributed by atoms with Crippen molar-refractivity contribution in [2.24, 2.45) is 5.92 Å². The summed E-state index contributed by atoms with van der Waals surface area (Å²) in [4.78, 5) is 37.5. The summed E-state index contributed by atoms with van der Waals surface area (Å²) in [6.07, 6.45) is 2.92. The Morgan fingerprint density at radius 2 is 2.12 bits per heavy atom. The number of benzene rings is 1. The molecular formula is C20H24N6O4S2. The van der Waals surface area contributed by atoms with Crippen LogP contribution in [0.5, 0.6) is 5.75 Å². The van der Waals surface area contributed by atoms with Gasteiger partial charge in [0.2, 0.25) is 11.0 Å². The summed E-state index contributed by atoms with van der Waals surface area (Å²) < 4.78 is 5.78. The highest BCUT2D eigenvalue weighted by atomic mass is 32.2. The standard InChI is InChI=1S/C20H24N6O4S2/c1-12-6-8-20(9-7-12)16(28)26(18(29)22-20)25-15(27)11-31-19-24-23-17(32-19)21-13-4-3-5-14(10-13)30-2/h3-5,10,12H,6-9,11H2,1-2H3,(H,21,23)(H,22,29)(H,25,27). The molecule has 2 fully saturated rings. The lowest BCUT2D eigenvalue weighted by Gasteiger charge is -2.33. The molecule has 1 saturated heterocycles. The maximum absolute atomic E-state index is 12.8. The van der Waals surface area contributed by atoms with Crippen LogP contribution in [0.1, 0.15) is 32.6 Å². The van der Waals surface area contributed by atoms with Crippen molar-refractivity contribution in [3.05, 3.63) is 24.3 Å². The normalized spacial score (nSPS) is 22.7. The van der Waals surface area contributed by atoms with Gasteiger partial charge in [0.05, 0.1) is 12.9 Å². The van der Waals surface area contributed by atoms with Gasteiger partial charge < -0.3 is 15.4 Å². The Bertz CT molecular complexity index is 1020. The summed E-state index contributed by atoms with van der Waals surface area (Å²) in [7, 11) is 1.60. The number of aromatic nitrogens is 2. The highest BCUT2D eigenvalue weighted by molar-refractivity contribution is 8.01. The van der Waals surface area contributed by atoms with E-state index in [0.717, 1.165) is 29.3 Å². The second-order valence-electron chi connectivity index (χ2n) is 7.89. The summed E-state index contributed by atoms with van der Waals surface area (Å²) in [6.45, 7) is 2.13. The maximum Gasteiger partial charge on any atom is 0.344 e. The summed E-state index contributed by atoms with van der Waals surface area (Å²) in [5, 5.41) is 15.4. The minimum absolute atomic E-state index is 0.00507. The second kappa shape index (κ2) is 9.33. The average molecular weight is 477 g/mol. The predicted octanol–water partition coefficient (Wildman–Crippen LogP) is 2.91. The van der Waals surface area contributed by atoms with Crippen LogP contribution in [0, 0.1) is 5.92 Å². The Hall–Kier alpha value is -2.86. The van der Waals surface area contributed by atoms with Gasteiger partial charge in [-0.05, 0) is 43.7 Å². The smallest absolute Gasteiger partial charge is 0.344 e. The van der Waals surface area contributed by atoms with Crippen LogP contribution in [0.2, 0.25) is 0 Å². The Morgan fingerprint density at radius 3 is 2.88 bits per heavy atom. The number of carbonyl (C=O) groups excluding carboxylic acids is 3. The van der Waals surface area contributed by atoms with E-state index in [4.69, 9.17) is 4.74 Å². The number of hydrazine groups is 1. The molecule has 10 nitrogen and oxygen atoms in total. The predicted molar refractivity (Wildman–Crippen MR) is 121 cm³/mol. The molecule has 1 spiro atoms. The molecule has 0 bridgehead atoms. The number of hydrogen-bond donors (Lipinski definition) is 3. The van der Waals surface area contributed by atoms with E-state index < -0.39 is 17.5 Å². The van der Waals surface area contributed by atoms with Crippen LogP contribution in [0.4, 0.5) is 15.6 Å². The fourth-order valence-corrected chi connectivity index (χ4v) is 5.31. The number of nitrogens with zero attached hydrogens (tertiary/aromatic N) is 3. The van der Waals surface area contributed by atoms with Gasteiger partial charge in [-0.25, -0.2) is 4.79 Å². The van der Waals surface area contributed by atoms with Gasteiger partial charge in [0.25, 0.3) is 5.91 Å². The van der Waals surface area contributed by atoms with Crippen LogP contribution in [-0.4, -0.2) is 51.5 Å². The lowest BCUT2D eigenvalue weighted by Crippen LogP contribution is -2.51. The number of ether oxygens (including phenoxy) is 1. The van der Waals surface area contributed by atoms with Crippen molar-refractivity contribution < 1.29 is 19.1 Å². The molecule has 0 radical (unpaired) electrons. The van der Waals surface area contributed by atoms with Crippen LogP contribution in [0.25, 0.3) is 0 Å². The largest absolute Gasteiger partial charge is 0.497 e. The van der Waals surface area contributed by atoms with E-state index >= 15 is 0 Å². The Labute approximate surface area is 193 Å². The van der Waals surface area contributed by atoms with Gasteiger partial charge in [-0.2, -0.15) is 5.01 Å². The number of hydrogen-bond acceptors (Lipinski definition) is 9. The number of rotatable bonds is 7. The molecule has 12 heteroatoms. The van der Waals surface area contributed by atoms with Gasteiger partial charge >= 0.3 is 6.03 Å². The first-order valence-electron chi connectivity index (χ1n) is 10.2. The highest BCUT2D eigenvalue weighted by Crippen LogP contribution is 2.36. The molecule has 0 atom stereocenters. The average Bonchev–Trinajstić information content (AvgIpc) is 3.32. The summed E-state index contributed by atoms with van der Waals surface area (Å²) >= 11 is 2.47. The van der Waals surface area contributed by atoms with Crippen LogP contribution >= 0.6 is 23.1 Å². The molecular weight excluding hydrogens is 452 g/mol. The number of anilines is 2. The Kier molecular flexibility index (Phi) is 6.51. The van der Waals surface area contributed by atoms with Crippen molar-refractivity contribution in [3.8, 4) is 5.75 Å².